The molecular weight excluding hydrogens is 781 g/mol. The number of benzene rings is 1. The Kier molecular flexibility index (Phi) is 22.2. The Morgan fingerprint density at radius 2 is 1.49 bits per heavy atom. The van der Waals surface area contributed by atoms with Crippen molar-refractivity contribution in [3.63, 3.8) is 0 Å². The quantitative estimate of drug-likeness (QED) is 0.0252. The molecule has 1 aliphatic rings. The Morgan fingerprint density at radius 1 is 0.881 bits per heavy atom. The van der Waals surface area contributed by atoms with Gasteiger partial charge in [0.05, 0.1) is 23.2 Å². The van der Waals surface area contributed by atoms with Crippen molar-refractivity contribution >= 4 is 24.1 Å². The molecule has 59 heavy (non-hydrogen) atoms. The number of carbonyl (C=O) groups excluding carboxylic acids is 4. The van der Waals surface area contributed by atoms with Crippen LogP contribution in [0.2, 0.25) is 0 Å². The topological polar surface area (TPSA) is 184 Å². The molecule has 0 heterocycles. The lowest BCUT2D eigenvalue weighted by atomic mass is 9.89. The second-order valence-electron chi connectivity index (χ2n) is 14.5. The van der Waals surface area contributed by atoms with E-state index in [1.807, 2.05) is 0 Å². The first-order valence-corrected chi connectivity index (χ1v) is 19.3. The highest BCUT2D eigenvalue weighted by Crippen LogP contribution is 2.36. The number of rotatable bonds is 25. The van der Waals surface area contributed by atoms with Crippen molar-refractivity contribution in [3.05, 3.63) is 54.1 Å². The molecule has 0 radical (unpaired) electrons. The minimum Gasteiger partial charge on any atom is -0.491 e. The summed E-state index contributed by atoms with van der Waals surface area (Å²) in [5.74, 6) is 2.21. The number of hydrogen-bond acceptors (Lipinski definition) is 13. The molecule has 16 heteroatoms. The Bertz CT molecular complexity index is 1590. The van der Waals surface area contributed by atoms with Crippen LogP contribution in [0.25, 0.3) is 0 Å². The van der Waals surface area contributed by atoms with Gasteiger partial charge in [-0.15, -0.1) is 24.7 Å². The minimum atomic E-state index is -4.54. The highest BCUT2D eigenvalue weighted by Gasteiger charge is 2.39. The molecule has 1 aliphatic carbocycles. The molecule has 13 nitrogen and oxygen atoms in total. The average molecular weight is 837 g/mol. The van der Waals surface area contributed by atoms with Crippen molar-refractivity contribution < 1.29 is 76.1 Å². The molecule has 2 rings (SSSR count). The fraction of sp³-hybridized carbons (Fsp3) is 0.581. The van der Waals surface area contributed by atoms with Crippen molar-refractivity contribution in [1.29, 1.82) is 0 Å². The molecule has 6 atom stereocenters. The molecule has 1 aromatic rings. The summed E-state index contributed by atoms with van der Waals surface area (Å²) in [4.78, 5) is 49.1. The predicted molar refractivity (Wildman–Crippen MR) is 207 cm³/mol. The number of carbonyl (C=O) groups is 4. The average Bonchev–Trinajstić information content (AvgIpc) is 3.45. The van der Waals surface area contributed by atoms with Crippen LogP contribution in [0, 0.1) is 41.9 Å². The van der Waals surface area contributed by atoms with Crippen molar-refractivity contribution in [2.45, 2.75) is 115 Å². The molecule has 0 aliphatic heterocycles. The lowest BCUT2D eigenvalue weighted by Crippen LogP contribution is -2.37. The molecule has 1 saturated carbocycles. The monoisotopic (exact) mass is 836 g/mol. The summed E-state index contributed by atoms with van der Waals surface area (Å²) < 4.78 is 70.2. The maximum absolute atomic E-state index is 13.0. The van der Waals surface area contributed by atoms with Gasteiger partial charge in [-0.25, -0.2) is 4.79 Å². The van der Waals surface area contributed by atoms with Crippen molar-refractivity contribution in [2.75, 3.05) is 26.4 Å². The Morgan fingerprint density at radius 3 is 2.10 bits per heavy atom. The number of hydrogen-bond donors (Lipinski definition) is 3. The van der Waals surface area contributed by atoms with Crippen molar-refractivity contribution in [3.8, 4) is 30.4 Å². The standard InChI is InChI=1S/C43H55F3O13/c1-5-7-11-19-38(50)55-27-42(4,28-56-39(51)20-12-8-6-2)29-57-41(53)59-30(3)58-40(52)21-14-10-9-13-18-34-35(37(49)25-36(34)48)23-22-32(47)26-54-33-17-15-16-31(24-33)43(44,45)46/h1-2,9,13,15-17,22-24,30,32,34-37,47-49H,7-8,10-12,14,18-21,25-29H2,3-4H3/b13-9-,23-22+/t30?,32-,34-,35-,36+,37-/m1/s1. The van der Waals surface area contributed by atoms with Crippen molar-refractivity contribution in [2.24, 2.45) is 17.3 Å². The molecule has 1 aromatic carbocycles. The molecule has 0 bridgehead atoms. The third kappa shape index (κ3) is 20.5. The summed E-state index contributed by atoms with van der Waals surface area (Å²) in [6.07, 6.45) is 10.2. The summed E-state index contributed by atoms with van der Waals surface area (Å²) in [5, 5.41) is 31.4. The van der Waals surface area contributed by atoms with Crippen LogP contribution in [-0.4, -0.2) is 90.4 Å². The first-order valence-electron chi connectivity index (χ1n) is 19.3. The number of aliphatic hydroxyl groups excluding tert-OH is 3. The summed E-state index contributed by atoms with van der Waals surface area (Å²) in [6, 6.07) is 4.28. The van der Waals surface area contributed by atoms with Gasteiger partial charge in [-0.05, 0) is 63.1 Å². The van der Waals surface area contributed by atoms with Crippen LogP contribution in [0.1, 0.15) is 90.0 Å². The zero-order valence-corrected chi connectivity index (χ0v) is 33.4. The van der Waals surface area contributed by atoms with E-state index in [4.69, 9.17) is 41.3 Å². The highest BCUT2D eigenvalue weighted by atomic mass is 19.4. The van der Waals surface area contributed by atoms with E-state index in [2.05, 4.69) is 11.8 Å². The normalized spacial score (nSPS) is 19.0. The molecule has 3 N–H and O–H groups in total. The van der Waals surface area contributed by atoms with Crippen LogP contribution in [0.4, 0.5) is 18.0 Å². The molecular formula is C43H55F3O13. The predicted octanol–water partition coefficient (Wildman–Crippen LogP) is 6.22. The Hall–Kier alpha value is -5.03. The van der Waals surface area contributed by atoms with E-state index in [9.17, 15) is 47.7 Å². The number of aliphatic hydroxyl groups is 3. The Balaban J connectivity index is 1.77. The maximum Gasteiger partial charge on any atom is 0.511 e. The number of unbranched alkanes of at least 4 members (excludes halogenated alkanes) is 3. The van der Waals surface area contributed by atoms with E-state index in [1.54, 1.807) is 25.2 Å². The number of esters is 3. The van der Waals surface area contributed by atoms with Gasteiger partial charge in [0, 0.05) is 51.4 Å². The third-order valence-corrected chi connectivity index (χ3v) is 9.05. The number of halogens is 3. The van der Waals surface area contributed by atoms with Crippen molar-refractivity contribution in [1.82, 2.24) is 0 Å². The third-order valence-electron chi connectivity index (χ3n) is 9.05. The van der Waals surface area contributed by atoms with Gasteiger partial charge in [0.25, 0.3) is 0 Å². The SMILES string of the molecule is C#CCCCC(=O)OCC(C)(COC(=O)CCCC#C)COC(=O)OC(C)OC(=O)CCC/C=C\C[C@@H]1[C@@H](/C=C/[C@@H](O)COc2cccc(C(F)(F)F)c2)[C@H](O)C[C@@H]1O. The van der Waals surface area contributed by atoms with Gasteiger partial charge < -0.3 is 43.7 Å². The van der Waals surface area contributed by atoms with Gasteiger partial charge >= 0.3 is 30.2 Å². The van der Waals surface area contributed by atoms with Crippen LogP contribution in [-0.2, 0) is 44.2 Å². The lowest BCUT2D eigenvalue weighted by Gasteiger charge is -2.28. The van der Waals surface area contributed by atoms with E-state index < -0.39 is 71.7 Å². The highest BCUT2D eigenvalue weighted by molar-refractivity contribution is 5.70. The van der Waals surface area contributed by atoms with Crippen LogP contribution >= 0.6 is 0 Å². The minimum absolute atomic E-state index is 0.0127. The molecule has 0 saturated heterocycles. The fourth-order valence-electron chi connectivity index (χ4n) is 5.82. The number of ether oxygens (including phenoxy) is 6. The molecule has 1 unspecified atom stereocenters. The van der Waals surface area contributed by atoms with E-state index in [1.165, 1.54) is 25.1 Å². The molecule has 0 aromatic heterocycles. The van der Waals surface area contributed by atoms with Gasteiger partial charge in [0.1, 0.15) is 38.3 Å². The zero-order chi connectivity index (χ0) is 43.8. The summed E-state index contributed by atoms with van der Waals surface area (Å²) in [7, 11) is 0. The van der Waals surface area contributed by atoms with Crippen LogP contribution in [0.5, 0.6) is 5.75 Å². The maximum atomic E-state index is 13.0. The van der Waals surface area contributed by atoms with E-state index >= 15 is 0 Å². The fourth-order valence-corrected chi connectivity index (χ4v) is 5.82. The number of terminal acetylenes is 2. The first-order chi connectivity index (χ1) is 28.0. The smallest absolute Gasteiger partial charge is 0.491 e. The first kappa shape index (κ1) is 50.1. The second-order valence-corrected chi connectivity index (χ2v) is 14.5. The molecule has 1 fully saturated rings. The van der Waals surface area contributed by atoms with Gasteiger partial charge in [0.15, 0.2) is 0 Å². The van der Waals surface area contributed by atoms with E-state index in [0.29, 0.717) is 44.9 Å². The van der Waals surface area contributed by atoms with Gasteiger partial charge in [-0.3, -0.25) is 14.4 Å². The molecule has 0 amide bonds. The van der Waals surface area contributed by atoms with Crippen LogP contribution in [0.3, 0.4) is 0 Å². The van der Waals surface area contributed by atoms with E-state index in [0.717, 1.165) is 12.1 Å². The summed E-state index contributed by atoms with van der Waals surface area (Å²) in [5.41, 5.74) is -2.02. The molecule has 326 valence electrons. The molecule has 0 spiro atoms. The Labute approximate surface area is 343 Å². The van der Waals surface area contributed by atoms with Gasteiger partial charge in [-0.1, -0.05) is 30.4 Å². The second kappa shape index (κ2) is 26.1. The zero-order valence-electron chi connectivity index (χ0n) is 33.4. The largest absolute Gasteiger partial charge is 0.511 e. The summed E-state index contributed by atoms with van der Waals surface area (Å²) in [6.45, 7) is 1.72. The van der Waals surface area contributed by atoms with Crippen LogP contribution < -0.4 is 4.74 Å². The van der Waals surface area contributed by atoms with Crippen LogP contribution in [0.15, 0.2) is 48.6 Å². The number of alkyl halides is 3. The lowest BCUT2D eigenvalue weighted by molar-refractivity contribution is -0.169. The van der Waals surface area contributed by atoms with Gasteiger partial charge in [0.2, 0.25) is 6.29 Å². The summed E-state index contributed by atoms with van der Waals surface area (Å²) >= 11 is 0. The van der Waals surface area contributed by atoms with E-state index in [-0.39, 0.29) is 63.8 Å². The van der Waals surface area contributed by atoms with Gasteiger partial charge in [-0.2, -0.15) is 13.2 Å². The number of allylic oxidation sites excluding steroid dienone is 2.